The summed E-state index contributed by atoms with van der Waals surface area (Å²) in [6.45, 7) is 0.372. The molecule has 0 aliphatic heterocycles. The average Bonchev–Trinajstić information content (AvgIpc) is 1.98. The lowest BCUT2D eigenvalue weighted by atomic mass is 10.2. The lowest BCUT2D eigenvalue weighted by Gasteiger charge is -2.00. The Balaban J connectivity index is 0.00000121. The Morgan fingerprint density at radius 2 is 1.92 bits per heavy atom. The molecule has 0 radical (unpaired) electrons. The molecule has 0 saturated carbocycles. The van der Waals surface area contributed by atoms with E-state index in [2.05, 4.69) is 0 Å². The maximum Gasteiger partial charge on any atom is 0.0595 e. The summed E-state index contributed by atoms with van der Waals surface area (Å²) in [6, 6.07) is 5.18. The van der Waals surface area contributed by atoms with Crippen LogP contribution in [-0.4, -0.2) is 5.21 Å². The summed E-state index contributed by atoms with van der Waals surface area (Å²) in [5.74, 6) is 0. The van der Waals surface area contributed by atoms with Crippen LogP contribution in [0.15, 0.2) is 18.2 Å². The number of hydrogen-bond donors (Lipinski definition) is 2. The number of halogens is 3. The summed E-state index contributed by atoms with van der Waals surface area (Å²) in [7, 11) is 0. The third-order valence-corrected chi connectivity index (χ3v) is 2.01. The minimum Gasteiger partial charge on any atom is -0.316 e. The van der Waals surface area contributed by atoms with Crippen LogP contribution in [0, 0.1) is 0 Å². The van der Waals surface area contributed by atoms with Crippen molar-refractivity contribution in [1.82, 2.24) is 5.48 Å². The van der Waals surface area contributed by atoms with E-state index in [9.17, 15) is 0 Å². The highest BCUT2D eigenvalue weighted by Gasteiger charge is 1.97. The van der Waals surface area contributed by atoms with Gasteiger partial charge in [0.1, 0.15) is 0 Å². The van der Waals surface area contributed by atoms with Gasteiger partial charge in [0, 0.05) is 6.54 Å². The Kier molecular flexibility index (Phi) is 5.63. The number of hydroxylamine groups is 1. The molecule has 0 atom stereocenters. The van der Waals surface area contributed by atoms with E-state index in [1.165, 1.54) is 0 Å². The first kappa shape index (κ1) is 12.0. The molecule has 0 aliphatic rings. The highest BCUT2D eigenvalue weighted by molar-refractivity contribution is 6.41. The Hall–Kier alpha value is 0.01000. The zero-order valence-corrected chi connectivity index (χ0v) is 8.38. The molecule has 0 aromatic heterocycles. The van der Waals surface area contributed by atoms with Gasteiger partial charge in [0.15, 0.2) is 0 Å². The van der Waals surface area contributed by atoms with Crippen molar-refractivity contribution in [2.75, 3.05) is 0 Å². The van der Waals surface area contributed by atoms with E-state index < -0.39 is 0 Å². The third kappa shape index (κ3) is 3.17. The first-order valence-electron chi connectivity index (χ1n) is 3.05. The highest BCUT2D eigenvalue weighted by atomic mass is 35.5. The topological polar surface area (TPSA) is 32.3 Å². The molecule has 2 N–H and O–H groups in total. The zero-order chi connectivity index (χ0) is 8.27. The molecule has 0 unspecified atom stereocenters. The quantitative estimate of drug-likeness (QED) is 0.763. The number of hydrogen-bond acceptors (Lipinski definition) is 2. The number of rotatable bonds is 2. The maximum absolute atomic E-state index is 8.35. The van der Waals surface area contributed by atoms with Gasteiger partial charge in [-0.2, -0.15) is 0 Å². The van der Waals surface area contributed by atoms with Crippen LogP contribution in [0.5, 0.6) is 0 Å². The monoisotopic (exact) mass is 227 g/mol. The summed E-state index contributed by atoms with van der Waals surface area (Å²) in [4.78, 5) is 0. The molecule has 1 rings (SSSR count). The fraction of sp³-hybridized carbons (Fsp3) is 0.143. The van der Waals surface area contributed by atoms with Gasteiger partial charge in [-0.05, 0) is 17.7 Å². The van der Waals surface area contributed by atoms with Gasteiger partial charge in [-0.1, -0.05) is 29.3 Å². The second-order valence-corrected chi connectivity index (χ2v) is 2.90. The van der Waals surface area contributed by atoms with Gasteiger partial charge in [-0.3, -0.25) is 0 Å². The Morgan fingerprint density at radius 1 is 1.25 bits per heavy atom. The zero-order valence-electron chi connectivity index (χ0n) is 6.05. The molecular weight excluding hydrogens is 220 g/mol. The van der Waals surface area contributed by atoms with Gasteiger partial charge in [-0.25, -0.2) is 5.48 Å². The van der Waals surface area contributed by atoms with Crippen LogP contribution >= 0.6 is 35.6 Å². The van der Waals surface area contributed by atoms with E-state index in [-0.39, 0.29) is 12.4 Å². The number of nitrogens with one attached hydrogen (secondary N) is 1. The molecule has 0 bridgehead atoms. The average molecular weight is 229 g/mol. The predicted molar refractivity (Wildman–Crippen MR) is 52.3 cm³/mol. The normalized spacial score (nSPS) is 9.25. The van der Waals surface area contributed by atoms with E-state index in [1.54, 1.807) is 18.2 Å². The molecule has 0 fully saturated rings. The minimum absolute atomic E-state index is 0. The van der Waals surface area contributed by atoms with Crippen LogP contribution < -0.4 is 5.48 Å². The van der Waals surface area contributed by atoms with Crippen molar-refractivity contribution in [2.24, 2.45) is 0 Å². The van der Waals surface area contributed by atoms with E-state index in [0.717, 1.165) is 5.56 Å². The Morgan fingerprint density at radius 3 is 2.42 bits per heavy atom. The summed E-state index contributed by atoms with van der Waals surface area (Å²) < 4.78 is 0. The molecule has 5 heteroatoms. The Bertz CT molecular complexity index is 254. The fourth-order valence-corrected chi connectivity index (χ4v) is 1.06. The van der Waals surface area contributed by atoms with E-state index in [4.69, 9.17) is 28.4 Å². The van der Waals surface area contributed by atoms with Gasteiger partial charge in [0.2, 0.25) is 0 Å². The SMILES string of the molecule is Cl.ONCc1ccc(Cl)c(Cl)c1. The molecular formula is C7H8Cl3NO. The molecule has 0 saturated heterocycles. The molecule has 1 aromatic carbocycles. The van der Waals surface area contributed by atoms with Crippen molar-refractivity contribution >= 4 is 35.6 Å². The molecule has 0 spiro atoms. The van der Waals surface area contributed by atoms with Crippen molar-refractivity contribution in [2.45, 2.75) is 6.54 Å². The highest BCUT2D eigenvalue weighted by Crippen LogP contribution is 2.22. The van der Waals surface area contributed by atoms with Crippen LogP contribution in [-0.2, 0) is 6.54 Å². The predicted octanol–water partition coefficient (Wildman–Crippen LogP) is 2.89. The third-order valence-electron chi connectivity index (χ3n) is 1.27. The van der Waals surface area contributed by atoms with Crippen LogP contribution in [0.3, 0.4) is 0 Å². The summed E-state index contributed by atoms with van der Waals surface area (Å²) >= 11 is 11.4. The second-order valence-electron chi connectivity index (χ2n) is 2.08. The summed E-state index contributed by atoms with van der Waals surface area (Å²) in [5.41, 5.74) is 2.92. The molecule has 2 nitrogen and oxygen atoms in total. The van der Waals surface area contributed by atoms with Gasteiger partial charge < -0.3 is 5.21 Å². The van der Waals surface area contributed by atoms with Gasteiger partial charge in [0.05, 0.1) is 10.0 Å². The largest absolute Gasteiger partial charge is 0.316 e. The van der Waals surface area contributed by atoms with Gasteiger partial charge in [0.25, 0.3) is 0 Å². The maximum atomic E-state index is 8.35. The first-order chi connectivity index (χ1) is 5.24. The molecule has 0 heterocycles. The van der Waals surface area contributed by atoms with Crippen molar-refractivity contribution < 1.29 is 5.21 Å². The van der Waals surface area contributed by atoms with E-state index in [1.807, 2.05) is 5.48 Å². The molecule has 0 amide bonds. The Labute approximate surface area is 86.9 Å². The summed E-state index contributed by atoms with van der Waals surface area (Å²) in [6.07, 6.45) is 0. The van der Waals surface area contributed by atoms with Crippen LogP contribution in [0.25, 0.3) is 0 Å². The summed E-state index contributed by atoms with van der Waals surface area (Å²) in [5, 5.41) is 9.37. The van der Waals surface area contributed by atoms with Crippen molar-refractivity contribution in [1.29, 1.82) is 0 Å². The van der Waals surface area contributed by atoms with E-state index >= 15 is 0 Å². The lowest BCUT2D eigenvalue weighted by molar-refractivity contribution is 0.161. The van der Waals surface area contributed by atoms with Gasteiger partial charge >= 0.3 is 0 Å². The minimum atomic E-state index is 0. The van der Waals surface area contributed by atoms with E-state index in [0.29, 0.717) is 16.6 Å². The smallest absolute Gasteiger partial charge is 0.0595 e. The standard InChI is InChI=1S/C7H7Cl2NO.ClH/c8-6-2-1-5(4-10-11)3-7(6)9;/h1-3,10-11H,4H2;1H. The van der Waals surface area contributed by atoms with Gasteiger partial charge in [-0.15, -0.1) is 12.4 Å². The van der Waals surface area contributed by atoms with Crippen LogP contribution in [0.1, 0.15) is 5.56 Å². The van der Waals surface area contributed by atoms with Crippen molar-refractivity contribution in [3.8, 4) is 0 Å². The van der Waals surface area contributed by atoms with Crippen LogP contribution in [0.2, 0.25) is 10.0 Å². The lowest BCUT2D eigenvalue weighted by Crippen LogP contribution is -2.05. The number of benzene rings is 1. The molecule has 12 heavy (non-hydrogen) atoms. The molecule has 68 valence electrons. The second kappa shape index (κ2) is 5.62. The molecule has 1 aromatic rings. The van der Waals surface area contributed by atoms with Crippen LogP contribution in [0.4, 0.5) is 0 Å². The first-order valence-corrected chi connectivity index (χ1v) is 3.80. The van der Waals surface area contributed by atoms with Crippen molar-refractivity contribution in [3.05, 3.63) is 33.8 Å². The molecule has 0 aliphatic carbocycles. The van der Waals surface area contributed by atoms with Crippen molar-refractivity contribution in [3.63, 3.8) is 0 Å². The fourth-order valence-electron chi connectivity index (χ4n) is 0.741.